The second-order valence-corrected chi connectivity index (χ2v) is 4.21. The summed E-state index contributed by atoms with van der Waals surface area (Å²) in [4.78, 5) is 2.54. The summed E-state index contributed by atoms with van der Waals surface area (Å²) < 4.78 is 0. The molecule has 2 rings (SSSR count). The summed E-state index contributed by atoms with van der Waals surface area (Å²) in [6.07, 6.45) is 2.78. The van der Waals surface area contributed by atoms with E-state index in [2.05, 4.69) is 40.5 Å². The third-order valence-electron chi connectivity index (χ3n) is 2.98. The van der Waals surface area contributed by atoms with Gasteiger partial charge in [0.2, 0.25) is 0 Å². The number of nitrogens with zero attached hydrogens (tertiary/aromatic N) is 1. The quantitative estimate of drug-likeness (QED) is 0.795. The fraction of sp³-hybridized carbons (Fsp3) is 0.538. The van der Waals surface area contributed by atoms with E-state index >= 15 is 0 Å². The van der Waals surface area contributed by atoms with Crippen molar-refractivity contribution in [3.63, 3.8) is 0 Å². The monoisotopic (exact) mass is 240 g/mol. The van der Waals surface area contributed by atoms with Gasteiger partial charge in [-0.3, -0.25) is 0 Å². The molecule has 0 unspecified atom stereocenters. The van der Waals surface area contributed by atoms with Crippen molar-refractivity contribution >= 4 is 12.4 Å². The van der Waals surface area contributed by atoms with E-state index in [0.717, 1.165) is 13.1 Å². The Kier molecular flexibility index (Phi) is 6.46. The molecule has 90 valence electrons. The van der Waals surface area contributed by atoms with E-state index in [1.807, 2.05) is 0 Å². The molecule has 1 aliphatic rings. The van der Waals surface area contributed by atoms with Crippen LogP contribution >= 0.6 is 12.4 Å². The van der Waals surface area contributed by atoms with Crippen molar-refractivity contribution in [2.24, 2.45) is 0 Å². The first-order chi connectivity index (χ1) is 7.45. The highest BCUT2D eigenvalue weighted by molar-refractivity contribution is 5.85. The van der Waals surface area contributed by atoms with E-state index in [1.165, 1.54) is 38.0 Å². The van der Waals surface area contributed by atoms with Gasteiger partial charge in [-0.2, -0.15) is 0 Å². The lowest BCUT2D eigenvalue weighted by Gasteiger charge is -2.14. The molecule has 1 aromatic carbocycles. The fourth-order valence-electron chi connectivity index (χ4n) is 2.07. The highest BCUT2D eigenvalue weighted by atomic mass is 35.5. The van der Waals surface area contributed by atoms with Crippen LogP contribution in [0.1, 0.15) is 18.4 Å². The lowest BCUT2D eigenvalue weighted by atomic mass is 10.2. The summed E-state index contributed by atoms with van der Waals surface area (Å²) in [7, 11) is 0. The van der Waals surface area contributed by atoms with Gasteiger partial charge in [0.1, 0.15) is 0 Å². The molecule has 1 N–H and O–H groups in total. The van der Waals surface area contributed by atoms with Gasteiger partial charge in [0.25, 0.3) is 0 Å². The lowest BCUT2D eigenvalue weighted by Crippen LogP contribution is -2.29. The molecule has 0 aromatic heterocycles. The minimum atomic E-state index is 0. The third kappa shape index (κ3) is 4.52. The number of hydrogen-bond donors (Lipinski definition) is 1. The van der Waals surface area contributed by atoms with Gasteiger partial charge in [-0.05, 0) is 31.5 Å². The van der Waals surface area contributed by atoms with Crippen molar-refractivity contribution in [1.29, 1.82) is 0 Å². The van der Waals surface area contributed by atoms with Gasteiger partial charge in [0.15, 0.2) is 0 Å². The van der Waals surface area contributed by atoms with Crippen molar-refractivity contribution in [2.45, 2.75) is 19.4 Å². The predicted octanol–water partition coefficient (Wildman–Crippen LogP) is 2.29. The van der Waals surface area contributed by atoms with Gasteiger partial charge >= 0.3 is 0 Å². The van der Waals surface area contributed by atoms with E-state index < -0.39 is 0 Å². The summed E-state index contributed by atoms with van der Waals surface area (Å²) in [5.41, 5.74) is 1.37. The molecule has 0 spiro atoms. The lowest BCUT2D eigenvalue weighted by molar-refractivity contribution is 0.335. The van der Waals surface area contributed by atoms with Gasteiger partial charge in [0, 0.05) is 19.6 Å². The van der Waals surface area contributed by atoms with E-state index in [0.29, 0.717) is 0 Å². The van der Waals surface area contributed by atoms with Crippen LogP contribution in [0.5, 0.6) is 0 Å². The van der Waals surface area contributed by atoms with E-state index in [1.54, 1.807) is 0 Å². The van der Waals surface area contributed by atoms with Gasteiger partial charge in [-0.25, -0.2) is 0 Å². The smallest absolute Gasteiger partial charge is 0.0206 e. The van der Waals surface area contributed by atoms with Crippen molar-refractivity contribution in [3.05, 3.63) is 35.9 Å². The van der Waals surface area contributed by atoms with Crippen molar-refractivity contribution in [1.82, 2.24) is 10.2 Å². The molecule has 0 bridgehead atoms. The van der Waals surface area contributed by atoms with Crippen molar-refractivity contribution in [3.8, 4) is 0 Å². The van der Waals surface area contributed by atoms with E-state index in [9.17, 15) is 0 Å². The topological polar surface area (TPSA) is 15.3 Å². The van der Waals surface area contributed by atoms with Crippen LogP contribution < -0.4 is 5.32 Å². The molecule has 1 heterocycles. The molecular weight excluding hydrogens is 220 g/mol. The molecule has 0 aliphatic carbocycles. The molecular formula is C13H21ClN2. The summed E-state index contributed by atoms with van der Waals surface area (Å²) in [5, 5.41) is 3.49. The number of likely N-dealkylation sites (tertiary alicyclic amines) is 1. The molecule has 1 aromatic rings. The van der Waals surface area contributed by atoms with Crippen LogP contribution in [0.25, 0.3) is 0 Å². The zero-order chi connectivity index (χ0) is 10.3. The first-order valence-electron chi connectivity index (χ1n) is 5.92. The van der Waals surface area contributed by atoms with Crippen LogP contribution in [0.2, 0.25) is 0 Å². The van der Waals surface area contributed by atoms with Crippen LogP contribution in [-0.4, -0.2) is 31.1 Å². The average molecular weight is 241 g/mol. The van der Waals surface area contributed by atoms with Crippen molar-refractivity contribution < 1.29 is 0 Å². The Balaban J connectivity index is 0.00000128. The first kappa shape index (κ1) is 13.5. The first-order valence-corrected chi connectivity index (χ1v) is 5.92. The Labute approximate surface area is 104 Å². The molecule has 16 heavy (non-hydrogen) atoms. The maximum Gasteiger partial charge on any atom is 0.0206 e. The minimum Gasteiger partial charge on any atom is -0.311 e. The van der Waals surface area contributed by atoms with E-state index in [-0.39, 0.29) is 12.4 Å². The Morgan fingerprint density at radius 1 is 1.06 bits per heavy atom. The molecule has 3 heteroatoms. The molecule has 0 radical (unpaired) electrons. The molecule has 0 atom stereocenters. The Bertz CT molecular complexity index is 271. The second kappa shape index (κ2) is 7.66. The molecule has 2 nitrogen and oxygen atoms in total. The summed E-state index contributed by atoms with van der Waals surface area (Å²) in [5.74, 6) is 0. The number of benzene rings is 1. The Morgan fingerprint density at radius 2 is 1.75 bits per heavy atom. The van der Waals surface area contributed by atoms with Crippen LogP contribution in [0.4, 0.5) is 0 Å². The summed E-state index contributed by atoms with van der Waals surface area (Å²) in [6, 6.07) is 10.6. The van der Waals surface area contributed by atoms with Crippen molar-refractivity contribution in [2.75, 3.05) is 26.2 Å². The molecule has 1 aliphatic heterocycles. The SMILES string of the molecule is Cl.c1ccc(CNCCN2CCCC2)cc1. The van der Waals surface area contributed by atoms with Crippen LogP contribution in [-0.2, 0) is 6.54 Å². The third-order valence-corrected chi connectivity index (χ3v) is 2.98. The summed E-state index contributed by atoms with van der Waals surface area (Å²) in [6.45, 7) is 5.90. The Hall–Kier alpha value is -0.570. The van der Waals surface area contributed by atoms with Gasteiger partial charge < -0.3 is 10.2 Å². The maximum absolute atomic E-state index is 3.49. The molecule has 1 fully saturated rings. The van der Waals surface area contributed by atoms with Gasteiger partial charge in [-0.1, -0.05) is 30.3 Å². The second-order valence-electron chi connectivity index (χ2n) is 4.21. The summed E-state index contributed by atoms with van der Waals surface area (Å²) >= 11 is 0. The predicted molar refractivity (Wildman–Crippen MR) is 71.1 cm³/mol. The molecule has 1 saturated heterocycles. The molecule has 0 saturated carbocycles. The largest absolute Gasteiger partial charge is 0.311 e. The maximum atomic E-state index is 3.49. The molecule has 0 amide bonds. The van der Waals surface area contributed by atoms with Crippen LogP contribution in [0, 0.1) is 0 Å². The number of rotatable bonds is 5. The zero-order valence-electron chi connectivity index (χ0n) is 9.69. The fourth-order valence-corrected chi connectivity index (χ4v) is 2.07. The minimum absolute atomic E-state index is 0. The number of halogens is 1. The highest BCUT2D eigenvalue weighted by Gasteiger charge is 2.09. The normalized spacial score (nSPS) is 16.0. The number of nitrogens with one attached hydrogen (secondary N) is 1. The van der Waals surface area contributed by atoms with Gasteiger partial charge in [0.05, 0.1) is 0 Å². The highest BCUT2D eigenvalue weighted by Crippen LogP contribution is 2.05. The number of hydrogen-bond acceptors (Lipinski definition) is 2. The standard InChI is InChI=1S/C13H20N2.ClH/c1-2-6-13(7-3-1)12-14-8-11-15-9-4-5-10-15;/h1-3,6-7,14H,4-5,8-12H2;1H. The van der Waals surface area contributed by atoms with Gasteiger partial charge in [-0.15, -0.1) is 12.4 Å². The van der Waals surface area contributed by atoms with Crippen LogP contribution in [0.3, 0.4) is 0 Å². The average Bonchev–Trinajstić information content (AvgIpc) is 2.79. The van der Waals surface area contributed by atoms with E-state index in [4.69, 9.17) is 0 Å². The zero-order valence-corrected chi connectivity index (χ0v) is 10.5. The Morgan fingerprint density at radius 3 is 2.44 bits per heavy atom. The van der Waals surface area contributed by atoms with Crippen LogP contribution in [0.15, 0.2) is 30.3 Å².